The first-order valence-electron chi connectivity index (χ1n) is 2.77. The van der Waals surface area contributed by atoms with Gasteiger partial charge in [0.25, 0.3) is 0 Å². The van der Waals surface area contributed by atoms with Gasteiger partial charge in [0.15, 0.2) is 0 Å². The van der Waals surface area contributed by atoms with Crippen LogP contribution in [0.25, 0.3) is 0 Å². The van der Waals surface area contributed by atoms with Crippen molar-refractivity contribution < 1.29 is 4.79 Å². The summed E-state index contributed by atoms with van der Waals surface area (Å²) in [7, 11) is 0. The summed E-state index contributed by atoms with van der Waals surface area (Å²) in [6, 6.07) is 0. The predicted octanol–water partition coefficient (Wildman–Crippen LogP) is 0.917. The molecule has 52 valence electrons. The molecule has 0 fully saturated rings. The number of halogens is 1. The second-order valence-corrected chi connectivity index (χ2v) is 1.92. The highest BCUT2D eigenvalue weighted by molar-refractivity contribution is 6.17. The molecule has 0 spiro atoms. The molecule has 0 rings (SSSR count). The molecule has 0 unspecified atom stereocenters. The third-order valence-electron chi connectivity index (χ3n) is 0.795. The van der Waals surface area contributed by atoms with Gasteiger partial charge in [0.05, 0.1) is 0 Å². The zero-order valence-corrected chi connectivity index (χ0v) is 5.95. The minimum Gasteiger partial charge on any atom is -0.353 e. The standard InChI is InChI=1S/C6H10ClNO/c1-2-6(9)8-5-3-4-7/h2H,1,3-5H2,(H,8,9). The minimum atomic E-state index is -0.139. The van der Waals surface area contributed by atoms with Gasteiger partial charge in [-0.3, -0.25) is 4.79 Å². The van der Waals surface area contributed by atoms with Crippen molar-refractivity contribution in [1.82, 2.24) is 5.32 Å². The van der Waals surface area contributed by atoms with Gasteiger partial charge >= 0.3 is 0 Å². The van der Waals surface area contributed by atoms with Crippen LogP contribution in [0.3, 0.4) is 0 Å². The van der Waals surface area contributed by atoms with Crippen LogP contribution in [0.1, 0.15) is 6.42 Å². The Kier molecular flexibility index (Phi) is 5.32. The van der Waals surface area contributed by atoms with Gasteiger partial charge in [-0.1, -0.05) is 6.58 Å². The molecule has 0 radical (unpaired) electrons. The van der Waals surface area contributed by atoms with E-state index in [-0.39, 0.29) is 5.91 Å². The van der Waals surface area contributed by atoms with Crippen LogP contribution in [0.4, 0.5) is 0 Å². The summed E-state index contributed by atoms with van der Waals surface area (Å²) >= 11 is 5.35. The second kappa shape index (κ2) is 5.63. The van der Waals surface area contributed by atoms with Crippen LogP contribution in [-0.2, 0) is 4.79 Å². The molecule has 0 aromatic rings. The lowest BCUT2D eigenvalue weighted by Gasteiger charge is -1.96. The summed E-state index contributed by atoms with van der Waals surface area (Å²) in [5, 5.41) is 2.59. The minimum absolute atomic E-state index is 0.139. The van der Waals surface area contributed by atoms with Crippen LogP contribution >= 0.6 is 11.6 Å². The fourth-order valence-corrected chi connectivity index (χ4v) is 0.484. The predicted molar refractivity (Wildman–Crippen MR) is 38.5 cm³/mol. The first-order chi connectivity index (χ1) is 4.31. The van der Waals surface area contributed by atoms with Crippen molar-refractivity contribution in [1.29, 1.82) is 0 Å². The zero-order valence-electron chi connectivity index (χ0n) is 5.19. The van der Waals surface area contributed by atoms with Crippen LogP contribution in [0.15, 0.2) is 12.7 Å². The summed E-state index contributed by atoms with van der Waals surface area (Å²) < 4.78 is 0. The summed E-state index contributed by atoms with van der Waals surface area (Å²) in [5.74, 6) is 0.442. The fraction of sp³-hybridized carbons (Fsp3) is 0.500. The van der Waals surface area contributed by atoms with Crippen molar-refractivity contribution in [2.24, 2.45) is 0 Å². The highest BCUT2D eigenvalue weighted by Crippen LogP contribution is 1.80. The Bertz CT molecular complexity index is 103. The lowest BCUT2D eigenvalue weighted by molar-refractivity contribution is -0.116. The number of amides is 1. The quantitative estimate of drug-likeness (QED) is 0.358. The van der Waals surface area contributed by atoms with Gasteiger partial charge in [-0.05, 0) is 12.5 Å². The van der Waals surface area contributed by atoms with Crippen molar-refractivity contribution in [3.8, 4) is 0 Å². The molecule has 0 bridgehead atoms. The zero-order chi connectivity index (χ0) is 7.11. The van der Waals surface area contributed by atoms with Gasteiger partial charge < -0.3 is 5.32 Å². The molecule has 1 N–H and O–H groups in total. The van der Waals surface area contributed by atoms with Crippen molar-refractivity contribution >= 4 is 17.5 Å². The number of hydrogen-bond acceptors (Lipinski definition) is 1. The number of hydrogen-bond donors (Lipinski definition) is 1. The van der Waals surface area contributed by atoms with Gasteiger partial charge in [0, 0.05) is 12.4 Å². The van der Waals surface area contributed by atoms with E-state index in [9.17, 15) is 4.79 Å². The maximum atomic E-state index is 10.4. The van der Waals surface area contributed by atoms with E-state index < -0.39 is 0 Å². The lowest BCUT2D eigenvalue weighted by atomic mass is 10.4. The maximum absolute atomic E-state index is 10.4. The van der Waals surface area contributed by atoms with Crippen molar-refractivity contribution in [2.45, 2.75) is 6.42 Å². The van der Waals surface area contributed by atoms with Crippen LogP contribution in [0, 0.1) is 0 Å². The van der Waals surface area contributed by atoms with E-state index in [0.717, 1.165) is 6.42 Å². The smallest absolute Gasteiger partial charge is 0.243 e. The van der Waals surface area contributed by atoms with Gasteiger partial charge in [-0.25, -0.2) is 0 Å². The van der Waals surface area contributed by atoms with E-state index in [2.05, 4.69) is 11.9 Å². The van der Waals surface area contributed by atoms with Crippen LogP contribution < -0.4 is 5.32 Å². The molecule has 9 heavy (non-hydrogen) atoms. The summed E-state index contributed by atoms with van der Waals surface area (Å²) in [6.07, 6.45) is 2.05. The molecule has 0 saturated carbocycles. The van der Waals surface area contributed by atoms with Gasteiger partial charge in [-0.15, -0.1) is 11.6 Å². The number of rotatable bonds is 4. The normalized spacial score (nSPS) is 8.56. The second-order valence-electron chi connectivity index (χ2n) is 1.54. The Balaban J connectivity index is 3.07. The van der Waals surface area contributed by atoms with E-state index in [1.165, 1.54) is 6.08 Å². The molecule has 0 aliphatic carbocycles. The van der Waals surface area contributed by atoms with E-state index in [4.69, 9.17) is 11.6 Å². The van der Waals surface area contributed by atoms with E-state index in [1.54, 1.807) is 0 Å². The molecule has 0 saturated heterocycles. The Labute approximate surface area is 59.9 Å². The number of carbonyl (C=O) groups is 1. The first-order valence-corrected chi connectivity index (χ1v) is 3.31. The molecule has 0 aromatic heterocycles. The average Bonchev–Trinajstić information content (AvgIpc) is 1.89. The lowest BCUT2D eigenvalue weighted by Crippen LogP contribution is -2.21. The molecule has 0 atom stereocenters. The highest BCUT2D eigenvalue weighted by Gasteiger charge is 1.89. The van der Waals surface area contributed by atoms with Crippen LogP contribution in [0.5, 0.6) is 0 Å². The number of nitrogens with one attached hydrogen (secondary N) is 1. The Morgan fingerprint density at radius 1 is 1.78 bits per heavy atom. The van der Waals surface area contributed by atoms with Gasteiger partial charge in [0.1, 0.15) is 0 Å². The van der Waals surface area contributed by atoms with Gasteiger partial charge in [-0.2, -0.15) is 0 Å². The SMILES string of the molecule is C=CC(=O)NCCCCl. The Morgan fingerprint density at radius 3 is 2.89 bits per heavy atom. The third-order valence-corrected chi connectivity index (χ3v) is 1.06. The molecule has 0 heterocycles. The molecular formula is C6H10ClNO. The summed E-state index contributed by atoms with van der Waals surface area (Å²) in [4.78, 5) is 10.4. The average molecular weight is 148 g/mol. The summed E-state index contributed by atoms with van der Waals surface area (Å²) in [6.45, 7) is 3.93. The fourth-order valence-electron chi connectivity index (χ4n) is 0.351. The molecule has 0 aliphatic rings. The first kappa shape index (κ1) is 8.50. The molecular weight excluding hydrogens is 138 g/mol. The van der Waals surface area contributed by atoms with E-state index in [0.29, 0.717) is 12.4 Å². The highest BCUT2D eigenvalue weighted by atomic mass is 35.5. The number of carbonyl (C=O) groups excluding carboxylic acids is 1. The largest absolute Gasteiger partial charge is 0.353 e. The molecule has 3 heteroatoms. The molecule has 2 nitrogen and oxygen atoms in total. The van der Waals surface area contributed by atoms with Crippen LogP contribution in [0.2, 0.25) is 0 Å². The van der Waals surface area contributed by atoms with Crippen molar-refractivity contribution in [3.05, 3.63) is 12.7 Å². The summed E-state index contributed by atoms with van der Waals surface area (Å²) in [5.41, 5.74) is 0. The van der Waals surface area contributed by atoms with E-state index >= 15 is 0 Å². The topological polar surface area (TPSA) is 29.1 Å². The van der Waals surface area contributed by atoms with E-state index in [1.807, 2.05) is 0 Å². The van der Waals surface area contributed by atoms with Crippen molar-refractivity contribution in [3.63, 3.8) is 0 Å². The molecule has 0 aromatic carbocycles. The maximum Gasteiger partial charge on any atom is 0.243 e. The molecule has 0 aliphatic heterocycles. The van der Waals surface area contributed by atoms with Gasteiger partial charge in [0.2, 0.25) is 5.91 Å². The third kappa shape index (κ3) is 5.37. The Morgan fingerprint density at radius 2 is 2.44 bits per heavy atom. The van der Waals surface area contributed by atoms with Crippen molar-refractivity contribution in [2.75, 3.05) is 12.4 Å². The number of alkyl halides is 1. The monoisotopic (exact) mass is 147 g/mol. The molecule has 1 amide bonds. The Hall–Kier alpha value is -0.500. The van der Waals surface area contributed by atoms with Crippen LogP contribution in [-0.4, -0.2) is 18.3 Å².